The minimum absolute atomic E-state index is 0.0102. The second-order valence-electron chi connectivity index (χ2n) is 2.82. The Kier molecular flexibility index (Phi) is 5.88. The number of hydrogen-bond donors (Lipinski definition) is 0. The highest BCUT2D eigenvalue weighted by Gasteiger charge is 2.15. The zero-order valence-corrected chi connectivity index (χ0v) is 8.99. The van der Waals surface area contributed by atoms with Crippen LogP contribution in [0.4, 0.5) is 0 Å². The molecule has 0 heterocycles. The summed E-state index contributed by atoms with van der Waals surface area (Å²) in [5.41, 5.74) is 0. The van der Waals surface area contributed by atoms with Gasteiger partial charge in [0, 0.05) is 17.8 Å². The van der Waals surface area contributed by atoms with Crippen molar-refractivity contribution in [3.63, 3.8) is 0 Å². The second kappa shape index (κ2) is 5.78. The van der Waals surface area contributed by atoms with E-state index < -0.39 is 9.05 Å². The number of ether oxygens (including phenoxy) is 1. The fraction of sp³-hybridized carbons (Fsp3) is 1.00. The van der Waals surface area contributed by atoms with Crippen LogP contribution in [0.5, 0.6) is 0 Å². The van der Waals surface area contributed by atoms with Crippen LogP contribution < -0.4 is 0 Å². The van der Waals surface area contributed by atoms with Crippen LogP contribution in [0, 0.1) is 5.92 Å². The molecule has 1 atom stereocenters. The summed E-state index contributed by atoms with van der Waals surface area (Å²) in [5.74, 6) is 0.0402. The van der Waals surface area contributed by atoms with Gasteiger partial charge in [-0.05, 0) is 12.3 Å². The SMILES string of the molecule is CCCC(COC)CS(=O)(=O)Cl. The molecule has 3 nitrogen and oxygen atoms in total. The first kappa shape index (κ1) is 12.2. The monoisotopic (exact) mass is 214 g/mol. The summed E-state index contributed by atoms with van der Waals surface area (Å²) < 4.78 is 26.3. The third-order valence-electron chi connectivity index (χ3n) is 1.53. The molecule has 0 N–H and O–H groups in total. The van der Waals surface area contributed by atoms with Gasteiger partial charge in [0.1, 0.15) is 0 Å². The fourth-order valence-electron chi connectivity index (χ4n) is 1.14. The summed E-state index contributed by atoms with van der Waals surface area (Å²) in [5, 5.41) is 0. The molecule has 0 amide bonds. The summed E-state index contributed by atoms with van der Waals surface area (Å²) >= 11 is 0. The molecule has 0 radical (unpaired) electrons. The molecule has 0 aromatic heterocycles. The Bertz CT molecular complexity index is 195. The standard InChI is InChI=1S/C7H15ClO3S/c1-3-4-7(5-11-2)6-12(8,9)10/h7H,3-6H2,1-2H3. The number of halogens is 1. The van der Waals surface area contributed by atoms with Gasteiger partial charge in [0.05, 0.1) is 12.4 Å². The van der Waals surface area contributed by atoms with Gasteiger partial charge in [-0.2, -0.15) is 0 Å². The average Bonchev–Trinajstić information content (AvgIpc) is 1.84. The molecule has 0 fully saturated rings. The van der Waals surface area contributed by atoms with E-state index in [9.17, 15) is 8.42 Å². The summed E-state index contributed by atoms with van der Waals surface area (Å²) in [6.07, 6.45) is 1.78. The predicted molar refractivity (Wildman–Crippen MR) is 49.9 cm³/mol. The molecular weight excluding hydrogens is 200 g/mol. The maximum atomic E-state index is 10.7. The molecule has 0 aliphatic rings. The maximum Gasteiger partial charge on any atom is 0.232 e. The quantitative estimate of drug-likeness (QED) is 0.631. The van der Waals surface area contributed by atoms with Crippen LogP contribution in [-0.4, -0.2) is 27.9 Å². The van der Waals surface area contributed by atoms with Crippen molar-refractivity contribution in [3.05, 3.63) is 0 Å². The van der Waals surface area contributed by atoms with Crippen molar-refractivity contribution in [2.45, 2.75) is 19.8 Å². The first-order valence-electron chi connectivity index (χ1n) is 3.91. The van der Waals surface area contributed by atoms with Gasteiger partial charge in [0.15, 0.2) is 0 Å². The molecular formula is C7H15ClO3S. The summed E-state index contributed by atoms with van der Waals surface area (Å²) in [4.78, 5) is 0. The van der Waals surface area contributed by atoms with Gasteiger partial charge in [0.25, 0.3) is 0 Å². The molecule has 0 saturated carbocycles. The minimum atomic E-state index is -3.38. The van der Waals surface area contributed by atoms with Gasteiger partial charge in [-0.3, -0.25) is 0 Å². The topological polar surface area (TPSA) is 43.4 Å². The lowest BCUT2D eigenvalue weighted by Crippen LogP contribution is -2.16. The van der Waals surface area contributed by atoms with E-state index in [0.717, 1.165) is 12.8 Å². The van der Waals surface area contributed by atoms with Crippen LogP contribution in [0.25, 0.3) is 0 Å². The van der Waals surface area contributed by atoms with Crippen molar-refractivity contribution >= 4 is 19.7 Å². The third kappa shape index (κ3) is 6.88. The Morgan fingerprint density at radius 2 is 2.08 bits per heavy atom. The molecule has 0 spiro atoms. The Labute approximate surface area is 78.5 Å². The Morgan fingerprint density at radius 3 is 2.42 bits per heavy atom. The van der Waals surface area contributed by atoms with E-state index in [2.05, 4.69) is 0 Å². The molecule has 0 aromatic carbocycles. The molecule has 0 aliphatic heterocycles. The lowest BCUT2D eigenvalue weighted by molar-refractivity contribution is 0.156. The molecule has 5 heteroatoms. The average molecular weight is 215 g/mol. The molecule has 74 valence electrons. The third-order valence-corrected chi connectivity index (χ3v) is 2.78. The van der Waals surface area contributed by atoms with Gasteiger partial charge in [-0.1, -0.05) is 13.3 Å². The van der Waals surface area contributed by atoms with Gasteiger partial charge in [-0.15, -0.1) is 0 Å². The summed E-state index contributed by atoms with van der Waals surface area (Å²) in [6, 6.07) is 0. The van der Waals surface area contributed by atoms with Crippen LogP contribution in [0.15, 0.2) is 0 Å². The second-order valence-corrected chi connectivity index (χ2v) is 5.64. The smallest absolute Gasteiger partial charge is 0.232 e. The van der Waals surface area contributed by atoms with Crippen LogP contribution >= 0.6 is 10.7 Å². The van der Waals surface area contributed by atoms with Crippen LogP contribution in [0.2, 0.25) is 0 Å². The van der Waals surface area contributed by atoms with Crippen molar-refractivity contribution in [1.82, 2.24) is 0 Å². The minimum Gasteiger partial charge on any atom is -0.384 e. The zero-order valence-electron chi connectivity index (χ0n) is 7.42. The van der Waals surface area contributed by atoms with Crippen LogP contribution in [0.3, 0.4) is 0 Å². The maximum absolute atomic E-state index is 10.7. The highest BCUT2D eigenvalue weighted by molar-refractivity contribution is 8.13. The molecule has 0 bridgehead atoms. The highest BCUT2D eigenvalue weighted by atomic mass is 35.7. The van der Waals surface area contributed by atoms with E-state index in [1.807, 2.05) is 6.92 Å². The largest absolute Gasteiger partial charge is 0.384 e. The van der Waals surface area contributed by atoms with Crippen molar-refractivity contribution in [1.29, 1.82) is 0 Å². The van der Waals surface area contributed by atoms with Crippen molar-refractivity contribution in [3.8, 4) is 0 Å². The van der Waals surface area contributed by atoms with Crippen molar-refractivity contribution in [2.75, 3.05) is 19.5 Å². The normalized spacial score (nSPS) is 14.6. The van der Waals surface area contributed by atoms with Gasteiger partial charge in [0.2, 0.25) is 9.05 Å². The lowest BCUT2D eigenvalue weighted by Gasteiger charge is -2.12. The lowest BCUT2D eigenvalue weighted by atomic mass is 10.1. The van der Waals surface area contributed by atoms with Crippen LogP contribution in [-0.2, 0) is 13.8 Å². The summed E-state index contributed by atoms with van der Waals surface area (Å²) in [6.45, 7) is 2.46. The number of hydrogen-bond acceptors (Lipinski definition) is 3. The Morgan fingerprint density at radius 1 is 1.50 bits per heavy atom. The molecule has 0 aliphatic carbocycles. The van der Waals surface area contributed by atoms with Gasteiger partial charge >= 0.3 is 0 Å². The Balaban J connectivity index is 3.95. The zero-order chi connectivity index (χ0) is 9.61. The van der Waals surface area contributed by atoms with Gasteiger partial charge in [-0.25, -0.2) is 8.42 Å². The van der Waals surface area contributed by atoms with E-state index in [1.165, 1.54) is 0 Å². The first-order chi connectivity index (χ1) is 5.49. The number of rotatable bonds is 6. The van der Waals surface area contributed by atoms with E-state index in [1.54, 1.807) is 7.11 Å². The van der Waals surface area contributed by atoms with Crippen molar-refractivity contribution < 1.29 is 13.2 Å². The van der Waals surface area contributed by atoms with Gasteiger partial charge < -0.3 is 4.74 Å². The molecule has 1 unspecified atom stereocenters. The first-order valence-corrected chi connectivity index (χ1v) is 6.38. The van der Waals surface area contributed by atoms with Crippen molar-refractivity contribution in [2.24, 2.45) is 5.92 Å². The molecule has 0 saturated heterocycles. The van der Waals surface area contributed by atoms with E-state index in [-0.39, 0.29) is 11.7 Å². The van der Waals surface area contributed by atoms with E-state index in [4.69, 9.17) is 15.4 Å². The van der Waals surface area contributed by atoms with Crippen LogP contribution in [0.1, 0.15) is 19.8 Å². The Hall–Kier alpha value is 0.200. The summed E-state index contributed by atoms with van der Waals surface area (Å²) in [7, 11) is 3.30. The van der Waals surface area contributed by atoms with E-state index in [0.29, 0.717) is 6.61 Å². The molecule has 0 rings (SSSR count). The number of methoxy groups -OCH3 is 1. The highest BCUT2D eigenvalue weighted by Crippen LogP contribution is 2.12. The molecule has 12 heavy (non-hydrogen) atoms. The van der Waals surface area contributed by atoms with E-state index >= 15 is 0 Å². The molecule has 0 aromatic rings. The fourth-order valence-corrected chi connectivity index (χ4v) is 2.50. The predicted octanol–water partition coefficient (Wildman–Crippen LogP) is 1.62.